The van der Waals surface area contributed by atoms with Gasteiger partial charge in [-0.1, -0.05) is 11.6 Å². The molecule has 1 saturated heterocycles. The summed E-state index contributed by atoms with van der Waals surface area (Å²) in [5, 5.41) is 10.5. The molecular weight excluding hydrogens is 278 g/mol. The lowest BCUT2D eigenvalue weighted by Crippen LogP contribution is -2.53. The number of aromatic amines is 1. The van der Waals surface area contributed by atoms with Crippen LogP contribution in [0.1, 0.15) is 29.8 Å². The third-order valence-corrected chi connectivity index (χ3v) is 4.61. The van der Waals surface area contributed by atoms with Crippen LogP contribution < -0.4 is 0 Å². The molecule has 110 valence electrons. The lowest BCUT2D eigenvalue weighted by Gasteiger charge is -2.38. The first-order chi connectivity index (χ1) is 9.65. The molecule has 2 fully saturated rings. The van der Waals surface area contributed by atoms with Gasteiger partial charge >= 0.3 is 0 Å². The zero-order valence-electron chi connectivity index (χ0n) is 11.4. The molecule has 6 heteroatoms. The third-order valence-electron chi connectivity index (χ3n) is 4.39. The number of H-pyrrole nitrogens is 1. The summed E-state index contributed by atoms with van der Waals surface area (Å²) in [5.41, 5.74) is 0.546. The van der Waals surface area contributed by atoms with E-state index in [4.69, 9.17) is 11.6 Å². The van der Waals surface area contributed by atoms with Crippen LogP contribution in [0.15, 0.2) is 12.3 Å². The number of aromatic nitrogens is 1. The SMILES string of the molecule is O=C(c1cc(Cl)c[nH]1)N1CCN(C2CCCC2O)CC1. The second-order valence-corrected chi connectivity index (χ2v) is 6.06. The van der Waals surface area contributed by atoms with Crippen LogP contribution in [0.5, 0.6) is 0 Å². The van der Waals surface area contributed by atoms with Gasteiger partial charge in [-0.3, -0.25) is 9.69 Å². The molecule has 2 atom stereocenters. The Morgan fingerprint density at radius 3 is 2.60 bits per heavy atom. The number of piperazine rings is 1. The largest absolute Gasteiger partial charge is 0.391 e. The summed E-state index contributed by atoms with van der Waals surface area (Å²) in [6, 6.07) is 1.95. The summed E-state index contributed by atoms with van der Waals surface area (Å²) >= 11 is 5.83. The number of aliphatic hydroxyl groups is 1. The van der Waals surface area contributed by atoms with Gasteiger partial charge in [0.05, 0.1) is 11.1 Å². The van der Waals surface area contributed by atoms with Crippen LogP contribution in [0.3, 0.4) is 0 Å². The summed E-state index contributed by atoms with van der Waals surface area (Å²) in [5.74, 6) is 0.00326. The van der Waals surface area contributed by atoms with E-state index in [1.54, 1.807) is 12.3 Å². The Bertz CT molecular complexity index is 483. The molecule has 1 aliphatic heterocycles. The summed E-state index contributed by atoms with van der Waals surface area (Å²) in [7, 11) is 0. The van der Waals surface area contributed by atoms with Gasteiger partial charge in [0, 0.05) is 38.4 Å². The van der Waals surface area contributed by atoms with E-state index in [2.05, 4.69) is 9.88 Å². The second kappa shape index (κ2) is 5.76. The van der Waals surface area contributed by atoms with Gasteiger partial charge < -0.3 is 15.0 Å². The van der Waals surface area contributed by atoms with Crippen LogP contribution in [0.2, 0.25) is 5.02 Å². The number of nitrogens with zero attached hydrogens (tertiary/aromatic N) is 2. The van der Waals surface area contributed by atoms with Crippen LogP contribution in [-0.4, -0.2) is 64.1 Å². The Morgan fingerprint density at radius 2 is 2.05 bits per heavy atom. The number of nitrogens with one attached hydrogen (secondary N) is 1. The van der Waals surface area contributed by atoms with E-state index < -0.39 is 0 Å². The first-order valence-electron chi connectivity index (χ1n) is 7.20. The molecule has 2 N–H and O–H groups in total. The van der Waals surface area contributed by atoms with Crippen molar-refractivity contribution in [3.05, 3.63) is 23.0 Å². The van der Waals surface area contributed by atoms with E-state index in [-0.39, 0.29) is 18.1 Å². The first kappa shape index (κ1) is 13.9. The van der Waals surface area contributed by atoms with Crippen LogP contribution in [-0.2, 0) is 0 Å². The van der Waals surface area contributed by atoms with Gasteiger partial charge in [-0.2, -0.15) is 0 Å². The molecule has 1 aromatic heterocycles. The number of aliphatic hydroxyl groups excluding tert-OH is 1. The lowest BCUT2D eigenvalue weighted by molar-refractivity contribution is 0.0313. The van der Waals surface area contributed by atoms with E-state index in [9.17, 15) is 9.90 Å². The molecule has 1 saturated carbocycles. The molecular formula is C14H20ClN3O2. The maximum atomic E-state index is 12.3. The van der Waals surface area contributed by atoms with Crippen molar-refractivity contribution in [3.8, 4) is 0 Å². The minimum absolute atomic E-state index is 0.00326. The van der Waals surface area contributed by atoms with Crippen molar-refractivity contribution in [2.45, 2.75) is 31.4 Å². The number of amides is 1. The van der Waals surface area contributed by atoms with Crippen molar-refractivity contribution in [1.29, 1.82) is 0 Å². The zero-order chi connectivity index (χ0) is 14.1. The predicted octanol–water partition coefficient (Wildman–Crippen LogP) is 1.34. The Labute approximate surface area is 123 Å². The smallest absolute Gasteiger partial charge is 0.270 e. The highest BCUT2D eigenvalue weighted by molar-refractivity contribution is 6.30. The molecule has 2 aliphatic rings. The van der Waals surface area contributed by atoms with E-state index in [0.717, 1.165) is 32.4 Å². The molecule has 5 nitrogen and oxygen atoms in total. The van der Waals surface area contributed by atoms with Gasteiger partial charge in [-0.25, -0.2) is 0 Å². The van der Waals surface area contributed by atoms with Crippen molar-refractivity contribution in [2.75, 3.05) is 26.2 Å². The molecule has 0 aromatic carbocycles. The third kappa shape index (κ3) is 2.71. The topological polar surface area (TPSA) is 59.6 Å². The van der Waals surface area contributed by atoms with Gasteiger partial charge in [-0.05, 0) is 25.3 Å². The minimum Gasteiger partial charge on any atom is -0.391 e. The number of hydrogen-bond donors (Lipinski definition) is 2. The molecule has 2 unspecified atom stereocenters. The summed E-state index contributed by atoms with van der Waals surface area (Å²) in [4.78, 5) is 19.3. The fourth-order valence-corrected chi connectivity index (χ4v) is 3.43. The standard InChI is InChI=1S/C14H20ClN3O2/c15-10-8-11(16-9-10)14(20)18-6-4-17(5-7-18)12-2-1-3-13(12)19/h8-9,12-13,16,19H,1-7H2. The fraction of sp³-hybridized carbons (Fsp3) is 0.643. The summed E-state index contributed by atoms with van der Waals surface area (Å²) < 4.78 is 0. The highest BCUT2D eigenvalue weighted by Crippen LogP contribution is 2.25. The Balaban J connectivity index is 1.57. The lowest BCUT2D eigenvalue weighted by atomic mass is 10.1. The summed E-state index contributed by atoms with van der Waals surface area (Å²) in [6.07, 6.45) is 4.51. The van der Waals surface area contributed by atoms with Gasteiger partial charge in [0.25, 0.3) is 5.91 Å². The molecule has 3 rings (SSSR count). The van der Waals surface area contributed by atoms with Crippen LogP contribution in [0.25, 0.3) is 0 Å². The quantitative estimate of drug-likeness (QED) is 0.866. The van der Waals surface area contributed by atoms with Crippen LogP contribution >= 0.6 is 11.6 Å². The zero-order valence-corrected chi connectivity index (χ0v) is 12.1. The highest BCUT2D eigenvalue weighted by atomic mass is 35.5. The number of rotatable bonds is 2. The summed E-state index contributed by atoms with van der Waals surface area (Å²) in [6.45, 7) is 3.08. The van der Waals surface area contributed by atoms with Gasteiger partial charge in [0.15, 0.2) is 0 Å². The maximum Gasteiger partial charge on any atom is 0.270 e. The molecule has 0 bridgehead atoms. The van der Waals surface area contributed by atoms with Crippen molar-refractivity contribution in [2.24, 2.45) is 0 Å². The number of carbonyl (C=O) groups is 1. The number of halogens is 1. The van der Waals surface area contributed by atoms with E-state index in [0.29, 0.717) is 23.8 Å². The van der Waals surface area contributed by atoms with Crippen LogP contribution in [0.4, 0.5) is 0 Å². The van der Waals surface area contributed by atoms with Crippen molar-refractivity contribution in [1.82, 2.24) is 14.8 Å². The van der Waals surface area contributed by atoms with Gasteiger partial charge in [-0.15, -0.1) is 0 Å². The van der Waals surface area contributed by atoms with Crippen molar-refractivity contribution in [3.63, 3.8) is 0 Å². The van der Waals surface area contributed by atoms with E-state index in [1.165, 1.54) is 0 Å². The average Bonchev–Trinajstić information content (AvgIpc) is 3.07. The maximum absolute atomic E-state index is 12.3. The molecule has 1 amide bonds. The van der Waals surface area contributed by atoms with E-state index in [1.807, 2.05) is 4.90 Å². The van der Waals surface area contributed by atoms with Crippen molar-refractivity contribution < 1.29 is 9.90 Å². The molecule has 1 aliphatic carbocycles. The molecule has 20 heavy (non-hydrogen) atoms. The normalized spacial score (nSPS) is 28.0. The van der Waals surface area contributed by atoms with Gasteiger partial charge in [0.1, 0.15) is 5.69 Å². The van der Waals surface area contributed by atoms with Crippen LogP contribution in [0, 0.1) is 0 Å². The monoisotopic (exact) mass is 297 g/mol. The van der Waals surface area contributed by atoms with E-state index >= 15 is 0 Å². The van der Waals surface area contributed by atoms with Crippen molar-refractivity contribution >= 4 is 17.5 Å². The Kier molecular flexibility index (Phi) is 4.01. The fourth-order valence-electron chi connectivity index (χ4n) is 3.27. The minimum atomic E-state index is -0.195. The average molecular weight is 298 g/mol. The van der Waals surface area contributed by atoms with Gasteiger partial charge in [0.2, 0.25) is 0 Å². The second-order valence-electron chi connectivity index (χ2n) is 5.63. The number of hydrogen-bond acceptors (Lipinski definition) is 3. The number of carbonyl (C=O) groups excluding carboxylic acids is 1. The Morgan fingerprint density at radius 1 is 1.30 bits per heavy atom. The molecule has 2 heterocycles. The predicted molar refractivity (Wildman–Crippen MR) is 76.9 cm³/mol. The first-order valence-corrected chi connectivity index (χ1v) is 7.58. The molecule has 0 spiro atoms. The molecule has 0 radical (unpaired) electrons. The molecule has 1 aromatic rings. The highest BCUT2D eigenvalue weighted by Gasteiger charge is 2.33. The Hall–Kier alpha value is -1.04.